The van der Waals surface area contributed by atoms with E-state index in [0.29, 0.717) is 28.6 Å². The van der Waals surface area contributed by atoms with E-state index in [0.717, 1.165) is 17.7 Å². The summed E-state index contributed by atoms with van der Waals surface area (Å²) in [6.45, 7) is 2.50. The van der Waals surface area contributed by atoms with Crippen molar-refractivity contribution in [2.75, 3.05) is 6.54 Å². The van der Waals surface area contributed by atoms with Crippen LogP contribution in [0.3, 0.4) is 0 Å². The SMILES string of the molecule is CCNC(=O)c1csc(-c2cccc(OCc3ccc(F)c(F)c3)c2)n1. The molecule has 0 atom stereocenters. The number of ether oxygens (including phenoxy) is 1. The third-order valence-corrected chi connectivity index (χ3v) is 4.44. The van der Waals surface area contributed by atoms with Crippen LogP contribution < -0.4 is 10.1 Å². The highest BCUT2D eigenvalue weighted by atomic mass is 32.1. The number of rotatable bonds is 6. The van der Waals surface area contributed by atoms with Crippen molar-refractivity contribution in [2.24, 2.45) is 0 Å². The minimum Gasteiger partial charge on any atom is -0.489 e. The maximum Gasteiger partial charge on any atom is 0.270 e. The molecule has 134 valence electrons. The number of amides is 1. The van der Waals surface area contributed by atoms with Crippen molar-refractivity contribution in [1.82, 2.24) is 10.3 Å². The molecule has 0 bridgehead atoms. The number of hydrogen-bond acceptors (Lipinski definition) is 4. The van der Waals surface area contributed by atoms with Gasteiger partial charge >= 0.3 is 0 Å². The molecule has 0 saturated heterocycles. The van der Waals surface area contributed by atoms with Crippen molar-refractivity contribution in [2.45, 2.75) is 13.5 Å². The Labute approximate surface area is 153 Å². The Balaban J connectivity index is 1.72. The molecule has 3 rings (SSSR count). The molecule has 2 aromatic carbocycles. The van der Waals surface area contributed by atoms with Gasteiger partial charge in [-0.2, -0.15) is 0 Å². The molecule has 0 radical (unpaired) electrons. The fourth-order valence-electron chi connectivity index (χ4n) is 2.28. The highest BCUT2D eigenvalue weighted by Gasteiger charge is 2.11. The Hall–Kier alpha value is -2.80. The standard InChI is InChI=1S/C19H16F2N2O2S/c1-2-22-18(24)17-11-26-19(23-17)13-4-3-5-14(9-13)25-10-12-6-7-15(20)16(21)8-12/h3-9,11H,2,10H2,1H3,(H,22,24). The summed E-state index contributed by atoms with van der Waals surface area (Å²) in [4.78, 5) is 16.2. The van der Waals surface area contributed by atoms with Gasteiger partial charge in [0, 0.05) is 17.5 Å². The topological polar surface area (TPSA) is 51.2 Å². The van der Waals surface area contributed by atoms with Crippen LogP contribution in [0.15, 0.2) is 47.8 Å². The first kappa shape index (κ1) is 18.0. The van der Waals surface area contributed by atoms with Crippen LogP contribution in [0.5, 0.6) is 5.75 Å². The third kappa shape index (κ3) is 4.23. The fraction of sp³-hybridized carbons (Fsp3) is 0.158. The zero-order valence-corrected chi connectivity index (χ0v) is 14.8. The van der Waals surface area contributed by atoms with Gasteiger partial charge in [-0.05, 0) is 36.8 Å². The van der Waals surface area contributed by atoms with Gasteiger partial charge in [-0.3, -0.25) is 4.79 Å². The highest BCUT2D eigenvalue weighted by molar-refractivity contribution is 7.13. The predicted molar refractivity (Wildman–Crippen MR) is 96.2 cm³/mol. The molecular formula is C19H16F2N2O2S. The monoisotopic (exact) mass is 374 g/mol. The average molecular weight is 374 g/mol. The minimum atomic E-state index is -0.902. The second-order valence-electron chi connectivity index (χ2n) is 5.46. The lowest BCUT2D eigenvalue weighted by molar-refractivity contribution is 0.0951. The lowest BCUT2D eigenvalue weighted by Gasteiger charge is -2.08. The first-order chi connectivity index (χ1) is 12.6. The second-order valence-corrected chi connectivity index (χ2v) is 6.32. The van der Waals surface area contributed by atoms with E-state index >= 15 is 0 Å². The molecule has 1 N–H and O–H groups in total. The van der Waals surface area contributed by atoms with Gasteiger partial charge in [0.15, 0.2) is 11.6 Å². The van der Waals surface area contributed by atoms with Crippen LogP contribution >= 0.6 is 11.3 Å². The Morgan fingerprint density at radius 1 is 1.19 bits per heavy atom. The smallest absolute Gasteiger partial charge is 0.270 e. The summed E-state index contributed by atoms with van der Waals surface area (Å²) in [7, 11) is 0. The zero-order chi connectivity index (χ0) is 18.5. The maximum absolute atomic E-state index is 13.2. The maximum atomic E-state index is 13.2. The number of benzene rings is 2. The molecule has 3 aromatic rings. The van der Waals surface area contributed by atoms with E-state index in [9.17, 15) is 13.6 Å². The van der Waals surface area contributed by atoms with Gasteiger partial charge < -0.3 is 10.1 Å². The Morgan fingerprint density at radius 3 is 2.81 bits per heavy atom. The fourth-order valence-corrected chi connectivity index (χ4v) is 3.07. The lowest BCUT2D eigenvalue weighted by Crippen LogP contribution is -2.22. The van der Waals surface area contributed by atoms with Crippen molar-refractivity contribution in [1.29, 1.82) is 0 Å². The summed E-state index contributed by atoms with van der Waals surface area (Å²) < 4.78 is 31.9. The van der Waals surface area contributed by atoms with Gasteiger partial charge in [-0.1, -0.05) is 18.2 Å². The molecule has 1 aromatic heterocycles. The summed E-state index contributed by atoms with van der Waals surface area (Å²) in [6.07, 6.45) is 0. The number of aromatic nitrogens is 1. The number of nitrogens with one attached hydrogen (secondary N) is 1. The van der Waals surface area contributed by atoms with E-state index in [4.69, 9.17) is 4.74 Å². The quantitative estimate of drug-likeness (QED) is 0.695. The van der Waals surface area contributed by atoms with E-state index in [1.165, 1.54) is 17.4 Å². The van der Waals surface area contributed by atoms with Gasteiger partial charge in [0.1, 0.15) is 23.1 Å². The second kappa shape index (κ2) is 8.05. The zero-order valence-electron chi connectivity index (χ0n) is 14.0. The van der Waals surface area contributed by atoms with E-state index in [2.05, 4.69) is 10.3 Å². The first-order valence-corrected chi connectivity index (χ1v) is 8.85. The lowest BCUT2D eigenvalue weighted by atomic mass is 10.2. The van der Waals surface area contributed by atoms with Crippen LogP contribution in [0.25, 0.3) is 10.6 Å². The molecule has 4 nitrogen and oxygen atoms in total. The molecule has 0 fully saturated rings. The van der Waals surface area contributed by atoms with Gasteiger partial charge in [0.2, 0.25) is 0 Å². The number of halogens is 2. The van der Waals surface area contributed by atoms with Crippen molar-refractivity contribution >= 4 is 17.2 Å². The van der Waals surface area contributed by atoms with Crippen LogP contribution in [-0.4, -0.2) is 17.4 Å². The van der Waals surface area contributed by atoms with Crippen molar-refractivity contribution < 1.29 is 18.3 Å². The summed E-state index contributed by atoms with van der Waals surface area (Å²) in [5, 5.41) is 5.11. The molecule has 1 amide bonds. The van der Waals surface area contributed by atoms with Crippen molar-refractivity contribution in [3.8, 4) is 16.3 Å². The first-order valence-electron chi connectivity index (χ1n) is 7.97. The number of carbonyl (C=O) groups excluding carboxylic acids is 1. The summed E-state index contributed by atoms with van der Waals surface area (Å²) >= 11 is 1.36. The molecular weight excluding hydrogens is 358 g/mol. The van der Waals surface area contributed by atoms with Gasteiger partial charge in [-0.15, -0.1) is 11.3 Å². The van der Waals surface area contributed by atoms with Crippen LogP contribution in [0, 0.1) is 11.6 Å². The molecule has 26 heavy (non-hydrogen) atoms. The van der Waals surface area contributed by atoms with Gasteiger partial charge in [0.05, 0.1) is 0 Å². The van der Waals surface area contributed by atoms with E-state index in [-0.39, 0.29) is 12.5 Å². The number of hydrogen-bond donors (Lipinski definition) is 1. The molecule has 7 heteroatoms. The normalized spacial score (nSPS) is 10.6. The van der Waals surface area contributed by atoms with Gasteiger partial charge in [0.25, 0.3) is 5.91 Å². The van der Waals surface area contributed by atoms with Crippen molar-refractivity contribution in [3.63, 3.8) is 0 Å². The summed E-state index contributed by atoms with van der Waals surface area (Å²) in [5.74, 6) is -1.43. The molecule has 1 heterocycles. The average Bonchev–Trinajstić information content (AvgIpc) is 3.13. The van der Waals surface area contributed by atoms with E-state index < -0.39 is 11.6 Å². The third-order valence-electron chi connectivity index (χ3n) is 3.54. The van der Waals surface area contributed by atoms with Crippen molar-refractivity contribution in [3.05, 3.63) is 70.7 Å². The summed E-state index contributed by atoms with van der Waals surface area (Å²) in [5.41, 5.74) is 1.72. The van der Waals surface area contributed by atoms with Crippen LogP contribution in [0.4, 0.5) is 8.78 Å². The molecule has 0 aliphatic heterocycles. The van der Waals surface area contributed by atoms with Crippen LogP contribution in [0.1, 0.15) is 23.0 Å². The molecule has 0 aliphatic carbocycles. The largest absolute Gasteiger partial charge is 0.489 e. The summed E-state index contributed by atoms with van der Waals surface area (Å²) in [6, 6.07) is 10.9. The Bertz CT molecular complexity index is 927. The Morgan fingerprint density at radius 2 is 2.04 bits per heavy atom. The number of nitrogens with zero attached hydrogens (tertiary/aromatic N) is 1. The van der Waals surface area contributed by atoms with E-state index in [1.54, 1.807) is 17.5 Å². The number of thiazole rings is 1. The number of carbonyl (C=O) groups is 1. The predicted octanol–water partition coefficient (Wildman–Crippen LogP) is 4.42. The molecule has 0 spiro atoms. The molecule has 0 unspecified atom stereocenters. The minimum absolute atomic E-state index is 0.114. The van der Waals surface area contributed by atoms with Crippen LogP contribution in [0.2, 0.25) is 0 Å². The molecule has 0 saturated carbocycles. The van der Waals surface area contributed by atoms with Crippen LogP contribution in [-0.2, 0) is 6.61 Å². The highest BCUT2D eigenvalue weighted by Crippen LogP contribution is 2.27. The van der Waals surface area contributed by atoms with Gasteiger partial charge in [-0.25, -0.2) is 13.8 Å². The van der Waals surface area contributed by atoms with E-state index in [1.807, 2.05) is 19.1 Å². The molecule has 0 aliphatic rings. The Kier molecular flexibility index (Phi) is 5.58.